The van der Waals surface area contributed by atoms with Gasteiger partial charge >= 0.3 is 5.97 Å². The number of ether oxygens (including phenoxy) is 1. The van der Waals surface area contributed by atoms with Crippen LogP contribution in [0.5, 0.6) is 0 Å². The second-order valence-corrected chi connectivity index (χ2v) is 4.36. The van der Waals surface area contributed by atoms with Gasteiger partial charge in [-0.3, -0.25) is 4.79 Å². The maximum atomic E-state index is 11.3. The molecule has 1 heterocycles. The number of rotatable bonds is 1. The topological polar surface area (TPSA) is 38.3 Å². The molecule has 0 spiro atoms. The lowest BCUT2D eigenvalue weighted by molar-refractivity contribution is -0.143. The first-order valence-electron chi connectivity index (χ1n) is 4.40. The number of esters is 1. The van der Waals surface area contributed by atoms with E-state index in [4.69, 9.17) is 4.74 Å². The molecule has 1 saturated carbocycles. The Labute approximate surface area is 72.5 Å². The summed E-state index contributed by atoms with van der Waals surface area (Å²) in [5.41, 5.74) is 0.351. The van der Waals surface area contributed by atoms with Crippen LogP contribution in [0.3, 0.4) is 0 Å². The minimum atomic E-state index is -0.104. The molecule has 3 heteroatoms. The standard InChI is InChI=1S/C9H15NO2/c1-9(2)5-4-10-7(6(5)9)8(11)12-3/h5-7,10H,4H2,1-3H3/t5-,6-,7-/m1/s1. The van der Waals surface area contributed by atoms with Gasteiger partial charge in [-0.2, -0.15) is 0 Å². The average molecular weight is 169 g/mol. The van der Waals surface area contributed by atoms with Crippen LogP contribution in [-0.4, -0.2) is 25.7 Å². The Kier molecular flexibility index (Phi) is 1.49. The van der Waals surface area contributed by atoms with Crippen LogP contribution in [0.1, 0.15) is 13.8 Å². The van der Waals surface area contributed by atoms with Gasteiger partial charge in [0.2, 0.25) is 0 Å². The van der Waals surface area contributed by atoms with Crippen molar-refractivity contribution < 1.29 is 9.53 Å². The van der Waals surface area contributed by atoms with Gasteiger partial charge in [0.1, 0.15) is 6.04 Å². The van der Waals surface area contributed by atoms with Crippen LogP contribution in [0.25, 0.3) is 0 Å². The summed E-state index contributed by atoms with van der Waals surface area (Å²) in [5.74, 6) is 1.08. The molecule has 1 N–H and O–H groups in total. The Hall–Kier alpha value is -0.570. The van der Waals surface area contributed by atoms with Crippen molar-refractivity contribution in [2.75, 3.05) is 13.7 Å². The van der Waals surface area contributed by atoms with Crippen LogP contribution in [0.15, 0.2) is 0 Å². The minimum absolute atomic E-state index is 0.0463. The lowest BCUT2D eigenvalue weighted by Crippen LogP contribution is -2.38. The van der Waals surface area contributed by atoms with Gasteiger partial charge in [-0.1, -0.05) is 13.8 Å². The highest BCUT2D eigenvalue weighted by molar-refractivity contribution is 5.77. The van der Waals surface area contributed by atoms with Crippen molar-refractivity contribution in [1.82, 2.24) is 5.32 Å². The van der Waals surface area contributed by atoms with Gasteiger partial charge in [-0.05, 0) is 23.8 Å². The maximum Gasteiger partial charge on any atom is 0.323 e. The van der Waals surface area contributed by atoms with Gasteiger partial charge in [0.05, 0.1) is 7.11 Å². The molecule has 0 bridgehead atoms. The van der Waals surface area contributed by atoms with E-state index in [-0.39, 0.29) is 12.0 Å². The van der Waals surface area contributed by atoms with Crippen LogP contribution in [0.2, 0.25) is 0 Å². The van der Waals surface area contributed by atoms with Gasteiger partial charge < -0.3 is 10.1 Å². The number of hydrogen-bond acceptors (Lipinski definition) is 3. The van der Waals surface area contributed by atoms with Crippen molar-refractivity contribution >= 4 is 5.97 Å². The highest BCUT2D eigenvalue weighted by atomic mass is 16.5. The first kappa shape index (κ1) is 8.05. The Morgan fingerprint density at radius 3 is 2.67 bits per heavy atom. The number of hydrogen-bond donors (Lipinski definition) is 1. The minimum Gasteiger partial charge on any atom is -0.468 e. The molecule has 0 unspecified atom stereocenters. The monoisotopic (exact) mass is 169 g/mol. The molecule has 3 atom stereocenters. The first-order chi connectivity index (χ1) is 5.59. The van der Waals surface area contributed by atoms with Gasteiger partial charge in [-0.15, -0.1) is 0 Å². The summed E-state index contributed by atoms with van der Waals surface area (Å²) in [5, 5.41) is 3.19. The molecule has 0 radical (unpaired) electrons. The zero-order valence-corrected chi connectivity index (χ0v) is 7.76. The SMILES string of the molecule is COC(=O)[C@@H]1NC[C@@H]2[C@H]1C2(C)C. The van der Waals surface area contributed by atoms with Crippen LogP contribution in [0, 0.1) is 17.3 Å². The lowest BCUT2D eigenvalue weighted by atomic mass is 10.0. The lowest BCUT2D eigenvalue weighted by Gasteiger charge is -2.16. The molecule has 1 saturated heterocycles. The van der Waals surface area contributed by atoms with E-state index in [0.29, 0.717) is 17.3 Å². The van der Waals surface area contributed by atoms with Crippen LogP contribution >= 0.6 is 0 Å². The molecule has 2 fully saturated rings. The third-order valence-corrected chi connectivity index (χ3v) is 3.51. The fourth-order valence-electron chi connectivity index (χ4n) is 2.58. The molecular formula is C9H15NO2. The number of fused-ring (bicyclic) bond motifs is 1. The van der Waals surface area contributed by atoms with E-state index >= 15 is 0 Å². The van der Waals surface area contributed by atoms with E-state index in [1.807, 2.05) is 0 Å². The Morgan fingerprint density at radius 2 is 2.25 bits per heavy atom. The quantitative estimate of drug-likeness (QED) is 0.577. The van der Waals surface area contributed by atoms with Crippen LogP contribution in [0.4, 0.5) is 0 Å². The molecule has 68 valence electrons. The summed E-state index contributed by atoms with van der Waals surface area (Å²) >= 11 is 0. The number of nitrogens with one attached hydrogen (secondary N) is 1. The highest BCUT2D eigenvalue weighted by Crippen LogP contribution is 2.62. The maximum absolute atomic E-state index is 11.3. The van der Waals surface area contributed by atoms with Crippen LogP contribution < -0.4 is 5.32 Å². The van der Waals surface area contributed by atoms with E-state index < -0.39 is 0 Å². The molecule has 3 nitrogen and oxygen atoms in total. The van der Waals surface area contributed by atoms with Gasteiger partial charge in [0, 0.05) is 0 Å². The van der Waals surface area contributed by atoms with Crippen molar-refractivity contribution in [3.8, 4) is 0 Å². The largest absolute Gasteiger partial charge is 0.468 e. The van der Waals surface area contributed by atoms with Gasteiger partial charge in [0.15, 0.2) is 0 Å². The summed E-state index contributed by atoms with van der Waals surface area (Å²) < 4.78 is 4.72. The third kappa shape index (κ3) is 0.829. The summed E-state index contributed by atoms with van der Waals surface area (Å²) in [7, 11) is 1.45. The smallest absolute Gasteiger partial charge is 0.323 e. The molecule has 2 rings (SSSR count). The Morgan fingerprint density at radius 1 is 1.58 bits per heavy atom. The molecule has 1 aliphatic heterocycles. The van der Waals surface area contributed by atoms with Crippen molar-refractivity contribution in [2.45, 2.75) is 19.9 Å². The first-order valence-corrected chi connectivity index (χ1v) is 4.40. The third-order valence-electron chi connectivity index (χ3n) is 3.51. The molecule has 0 amide bonds. The zero-order valence-electron chi connectivity index (χ0n) is 7.76. The van der Waals surface area contributed by atoms with Gasteiger partial charge in [0.25, 0.3) is 0 Å². The molecule has 12 heavy (non-hydrogen) atoms. The average Bonchev–Trinajstić information content (AvgIpc) is 2.52. The van der Waals surface area contributed by atoms with E-state index in [2.05, 4.69) is 19.2 Å². The molecule has 0 aromatic carbocycles. The molecule has 0 aromatic rings. The van der Waals surface area contributed by atoms with E-state index in [9.17, 15) is 4.79 Å². The second-order valence-electron chi connectivity index (χ2n) is 4.36. The summed E-state index contributed by atoms with van der Waals surface area (Å²) in [6, 6.07) is -0.0463. The molecular weight excluding hydrogens is 154 g/mol. The number of carbonyl (C=O) groups is 1. The summed E-state index contributed by atoms with van der Waals surface area (Å²) in [4.78, 5) is 11.3. The predicted molar refractivity (Wildman–Crippen MR) is 44.6 cm³/mol. The fourth-order valence-corrected chi connectivity index (χ4v) is 2.58. The van der Waals surface area contributed by atoms with Crippen molar-refractivity contribution in [3.63, 3.8) is 0 Å². The molecule has 1 aliphatic carbocycles. The van der Waals surface area contributed by atoms with E-state index in [1.54, 1.807) is 0 Å². The van der Waals surface area contributed by atoms with E-state index in [0.717, 1.165) is 6.54 Å². The normalized spacial score (nSPS) is 42.1. The summed E-state index contributed by atoms with van der Waals surface area (Å²) in [6.07, 6.45) is 0. The van der Waals surface area contributed by atoms with Crippen molar-refractivity contribution in [3.05, 3.63) is 0 Å². The van der Waals surface area contributed by atoms with Gasteiger partial charge in [-0.25, -0.2) is 0 Å². The van der Waals surface area contributed by atoms with E-state index in [1.165, 1.54) is 7.11 Å². The molecule has 2 aliphatic rings. The number of piperidine rings is 1. The molecule has 0 aromatic heterocycles. The van der Waals surface area contributed by atoms with Crippen molar-refractivity contribution in [1.29, 1.82) is 0 Å². The Bertz CT molecular complexity index is 225. The Balaban J connectivity index is 2.08. The predicted octanol–water partition coefficient (Wildman–Crippen LogP) is 0.403. The number of carbonyl (C=O) groups excluding carboxylic acids is 1. The summed E-state index contributed by atoms with van der Waals surface area (Å²) in [6.45, 7) is 5.41. The second kappa shape index (κ2) is 2.22. The van der Waals surface area contributed by atoms with Crippen molar-refractivity contribution in [2.24, 2.45) is 17.3 Å². The van der Waals surface area contributed by atoms with Crippen LogP contribution in [-0.2, 0) is 9.53 Å². The highest BCUT2D eigenvalue weighted by Gasteiger charge is 2.66. The zero-order chi connectivity index (χ0) is 8.93. The fraction of sp³-hybridized carbons (Fsp3) is 0.889. The number of methoxy groups -OCH3 is 1.